The fourth-order valence-electron chi connectivity index (χ4n) is 3.48. The van der Waals surface area contributed by atoms with Gasteiger partial charge in [0.25, 0.3) is 0 Å². The average Bonchev–Trinajstić information content (AvgIpc) is 3.04. The highest BCUT2D eigenvalue weighted by Gasteiger charge is 2.31. The second-order valence-corrected chi connectivity index (χ2v) is 8.48. The zero-order chi connectivity index (χ0) is 15.3. The predicted octanol–water partition coefficient (Wildman–Crippen LogP) is 5.21. The maximum Gasteiger partial charge on any atom is 0.194 e. The Morgan fingerprint density at radius 3 is 2.68 bits per heavy atom. The number of imidazole rings is 1. The summed E-state index contributed by atoms with van der Waals surface area (Å²) in [5, 5.41) is 0. The molecule has 1 atom stereocenters. The maximum absolute atomic E-state index is 4.86. The molecule has 0 fully saturated rings. The molecular weight excluding hydrogens is 288 g/mol. The second-order valence-electron chi connectivity index (χ2n) is 7.42. The van der Waals surface area contributed by atoms with E-state index in [9.17, 15) is 0 Å². The first-order chi connectivity index (χ1) is 10.5. The van der Waals surface area contributed by atoms with Crippen molar-refractivity contribution in [3.63, 3.8) is 0 Å². The second kappa shape index (κ2) is 4.95. The van der Waals surface area contributed by atoms with Gasteiger partial charge in [0.2, 0.25) is 0 Å². The topological polar surface area (TPSA) is 17.3 Å². The summed E-state index contributed by atoms with van der Waals surface area (Å²) in [6.07, 6.45) is 5.91. The van der Waals surface area contributed by atoms with Gasteiger partial charge in [-0.1, -0.05) is 51.1 Å². The molecule has 0 N–H and O–H groups in total. The first kappa shape index (κ1) is 14.0. The first-order valence-electron chi connectivity index (χ1n) is 8.07. The minimum Gasteiger partial charge on any atom is -0.294 e. The number of nitrogens with zero attached hydrogens (tertiary/aromatic N) is 2. The van der Waals surface area contributed by atoms with E-state index in [-0.39, 0.29) is 0 Å². The third kappa shape index (κ3) is 2.28. The van der Waals surface area contributed by atoms with Crippen LogP contribution in [0.25, 0.3) is 16.2 Å². The highest BCUT2D eigenvalue weighted by molar-refractivity contribution is 7.17. The number of aromatic nitrogens is 2. The highest BCUT2D eigenvalue weighted by Crippen LogP contribution is 2.40. The molecular formula is C19H22N2S. The molecule has 2 nitrogen and oxygen atoms in total. The summed E-state index contributed by atoms with van der Waals surface area (Å²) in [5.41, 5.74) is 4.19. The van der Waals surface area contributed by atoms with Gasteiger partial charge < -0.3 is 0 Å². The number of benzene rings is 1. The van der Waals surface area contributed by atoms with Crippen LogP contribution in [0.4, 0.5) is 0 Å². The monoisotopic (exact) mass is 310 g/mol. The van der Waals surface area contributed by atoms with E-state index in [4.69, 9.17) is 4.98 Å². The largest absolute Gasteiger partial charge is 0.294 e. The van der Waals surface area contributed by atoms with E-state index in [1.807, 2.05) is 11.3 Å². The number of thiazole rings is 1. The summed E-state index contributed by atoms with van der Waals surface area (Å²) < 4.78 is 2.33. The van der Waals surface area contributed by atoms with Crippen LogP contribution in [0.15, 0.2) is 36.5 Å². The Morgan fingerprint density at radius 1 is 1.18 bits per heavy atom. The molecule has 0 amide bonds. The third-order valence-electron chi connectivity index (χ3n) is 4.96. The SMILES string of the molecule is CC(C)(C)[C@@H]1CCc2c(sc3nc(-c4ccccc4)cn23)C1. The minimum atomic E-state index is 0.402. The third-order valence-corrected chi connectivity index (χ3v) is 6.08. The minimum absolute atomic E-state index is 0.402. The van der Waals surface area contributed by atoms with Gasteiger partial charge in [-0.05, 0) is 30.6 Å². The van der Waals surface area contributed by atoms with Crippen molar-refractivity contribution in [2.75, 3.05) is 0 Å². The molecule has 4 rings (SSSR count). The molecule has 0 bridgehead atoms. The van der Waals surface area contributed by atoms with Crippen LogP contribution in [-0.2, 0) is 12.8 Å². The van der Waals surface area contributed by atoms with Gasteiger partial charge in [-0.3, -0.25) is 4.40 Å². The normalized spacial score (nSPS) is 18.6. The van der Waals surface area contributed by atoms with Crippen molar-refractivity contribution in [3.8, 4) is 11.3 Å². The van der Waals surface area contributed by atoms with Crippen LogP contribution in [0.5, 0.6) is 0 Å². The molecule has 0 saturated heterocycles. The summed E-state index contributed by atoms with van der Waals surface area (Å²) in [4.78, 5) is 7.56. The highest BCUT2D eigenvalue weighted by atomic mass is 32.1. The van der Waals surface area contributed by atoms with E-state index in [2.05, 4.69) is 61.7 Å². The van der Waals surface area contributed by atoms with Gasteiger partial charge in [-0.2, -0.15) is 0 Å². The summed E-state index contributed by atoms with van der Waals surface area (Å²) in [6.45, 7) is 7.11. The molecule has 1 aliphatic carbocycles. The lowest BCUT2D eigenvalue weighted by atomic mass is 9.73. The van der Waals surface area contributed by atoms with Crippen LogP contribution in [0, 0.1) is 11.3 Å². The Bertz CT molecular complexity index is 805. The molecule has 2 heterocycles. The number of aryl methyl sites for hydroxylation is 1. The molecule has 0 unspecified atom stereocenters. The van der Waals surface area contributed by atoms with Gasteiger partial charge in [-0.25, -0.2) is 4.98 Å². The number of fused-ring (bicyclic) bond motifs is 3. The van der Waals surface area contributed by atoms with Crippen molar-refractivity contribution in [2.45, 2.75) is 40.0 Å². The summed E-state index contributed by atoms with van der Waals surface area (Å²) in [7, 11) is 0. The van der Waals surface area contributed by atoms with E-state index in [0.717, 1.165) is 16.6 Å². The average molecular weight is 310 g/mol. The smallest absolute Gasteiger partial charge is 0.194 e. The lowest BCUT2D eigenvalue weighted by molar-refractivity contribution is 0.216. The number of hydrogen-bond acceptors (Lipinski definition) is 2. The zero-order valence-corrected chi connectivity index (χ0v) is 14.3. The van der Waals surface area contributed by atoms with Crippen LogP contribution in [0.1, 0.15) is 37.8 Å². The van der Waals surface area contributed by atoms with Crippen molar-refractivity contribution >= 4 is 16.3 Å². The van der Waals surface area contributed by atoms with Crippen LogP contribution < -0.4 is 0 Å². The van der Waals surface area contributed by atoms with Gasteiger partial charge in [0.05, 0.1) is 5.69 Å². The van der Waals surface area contributed by atoms with Crippen molar-refractivity contribution in [1.29, 1.82) is 0 Å². The fourth-order valence-corrected chi connectivity index (χ4v) is 4.70. The Hall–Kier alpha value is -1.61. The molecule has 0 saturated carbocycles. The van der Waals surface area contributed by atoms with Crippen molar-refractivity contribution < 1.29 is 0 Å². The predicted molar refractivity (Wildman–Crippen MR) is 93.5 cm³/mol. The van der Waals surface area contributed by atoms with E-state index in [1.54, 1.807) is 4.88 Å². The van der Waals surface area contributed by atoms with Gasteiger partial charge in [0.15, 0.2) is 4.96 Å². The summed E-state index contributed by atoms with van der Waals surface area (Å²) >= 11 is 1.89. The van der Waals surface area contributed by atoms with E-state index < -0.39 is 0 Å². The molecule has 3 aromatic rings. The Morgan fingerprint density at radius 2 is 1.95 bits per heavy atom. The molecule has 2 aromatic heterocycles. The Balaban J connectivity index is 1.73. The van der Waals surface area contributed by atoms with E-state index in [0.29, 0.717) is 5.41 Å². The molecule has 3 heteroatoms. The number of hydrogen-bond donors (Lipinski definition) is 0. The summed E-state index contributed by atoms with van der Waals surface area (Å²) in [5.74, 6) is 0.789. The Kier molecular flexibility index (Phi) is 3.15. The van der Waals surface area contributed by atoms with Gasteiger partial charge >= 0.3 is 0 Å². The molecule has 22 heavy (non-hydrogen) atoms. The van der Waals surface area contributed by atoms with Crippen LogP contribution >= 0.6 is 11.3 Å². The quantitative estimate of drug-likeness (QED) is 0.603. The van der Waals surface area contributed by atoms with Gasteiger partial charge in [0, 0.05) is 22.3 Å². The fraction of sp³-hybridized carbons (Fsp3) is 0.421. The molecule has 0 aliphatic heterocycles. The zero-order valence-electron chi connectivity index (χ0n) is 13.5. The molecule has 1 aliphatic rings. The lowest BCUT2D eigenvalue weighted by Gasteiger charge is -2.33. The molecule has 114 valence electrons. The Labute approximate surface area is 135 Å². The lowest BCUT2D eigenvalue weighted by Crippen LogP contribution is -2.26. The molecule has 0 radical (unpaired) electrons. The first-order valence-corrected chi connectivity index (χ1v) is 8.89. The van der Waals surface area contributed by atoms with Gasteiger partial charge in [0.1, 0.15) is 0 Å². The summed E-state index contributed by atoms with van der Waals surface area (Å²) in [6, 6.07) is 10.5. The van der Waals surface area contributed by atoms with E-state index >= 15 is 0 Å². The van der Waals surface area contributed by atoms with Crippen molar-refractivity contribution in [1.82, 2.24) is 9.38 Å². The van der Waals surface area contributed by atoms with Crippen molar-refractivity contribution in [3.05, 3.63) is 47.1 Å². The molecule has 1 aromatic carbocycles. The molecule has 0 spiro atoms. The maximum atomic E-state index is 4.86. The van der Waals surface area contributed by atoms with Crippen LogP contribution in [0.3, 0.4) is 0 Å². The van der Waals surface area contributed by atoms with Crippen LogP contribution in [0.2, 0.25) is 0 Å². The number of rotatable bonds is 1. The van der Waals surface area contributed by atoms with Crippen LogP contribution in [-0.4, -0.2) is 9.38 Å². The standard InChI is InChI=1S/C19H22N2S/c1-19(2,3)14-9-10-16-17(11-14)22-18-20-15(12-21(16)18)13-7-5-4-6-8-13/h4-8,12,14H,9-11H2,1-3H3/t14-/m1/s1. The van der Waals surface area contributed by atoms with E-state index in [1.165, 1.54) is 30.5 Å². The van der Waals surface area contributed by atoms with Crippen molar-refractivity contribution in [2.24, 2.45) is 11.3 Å². The van der Waals surface area contributed by atoms with Gasteiger partial charge in [-0.15, -0.1) is 11.3 Å².